The average Bonchev–Trinajstić information content (AvgIpc) is 3.00. The van der Waals surface area contributed by atoms with Gasteiger partial charge in [0.05, 0.1) is 24.5 Å². The topological polar surface area (TPSA) is 183 Å². The Bertz CT molecular complexity index is 733. The number of phosphoric ester groups is 1. The van der Waals surface area contributed by atoms with E-state index in [1.165, 1.54) is 0 Å². The minimum absolute atomic E-state index is 0.244. The number of hydrogen-bond acceptors (Lipinski definition) is 9. The number of hydrogen-bond donors (Lipinski definition) is 5. The minimum atomic E-state index is -5.15. The maximum atomic E-state index is 11.5. The average molecular weight is 440 g/mol. The number of phosphoric acid groups is 2. The van der Waals surface area contributed by atoms with Crippen LogP contribution in [0.3, 0.4) is 0 Å². The van der Waals surface area contributed by atoms with E-state index in [0.717, 1.165) is 0 Å². The molecule has 0 aromatic rings. The van der Waals surface area contributed by atoms with Crippen LogP contribution in [0.4, 0.5) is 0 Å². The molecule has 0 amide bonds. The molecule has 0 aliphatic carbocycles. The van der Waals surface area contributed by atoms with Crippen molar-refractivity contribution in [1.82, 2.24) is 5.32 Å². The van der Waals surface area contributed by atoms with Gasteiger partial charge >= 0.3 is 15.6 Å². The lowest BCUT2D eigenvalue weighted by Crippen LogP contribution is -2.28. The second-order valence-electron chi connectivity index (χ2n) is 5.77. The fourth-order valence-corrected chi connectivity index (χ4v) is 4.00. The van der Waals surface area contributed by atoms with Crippen molar-refractivity contribution in [3.8, 4) is 0 Å². The van der Waals surface area contributed by atoms with Gasteiger partial charge in [0, 0.05) is 19.0 Å². The second-order valence-corrected chi connectivity index (χ2v) is 8.60. The fraction of sp³-hybridized carbons (Fsp3) is 0.643. The summed E-state index contributed by atoms with van der Waals surface area (Å²) in [7, 11) is -10.0. The lowest BCUT2D eigenvalue weighted by Gasteiger charge is -2.17. The summed E-state index contributed by atoms with van der Waals surface area (Å²) in [5.74, 6) is 0.423. The fourth-order valence-electron chi connectivity index (χ4n) is 2.38. The van der Waals surface area contributed by atoms with Crippen LogP contribution in [-0.2, 0) is 22.7 Å². The van der Waals surface area contributed by atoms with Gasteiger partial charge in [-0.15, -0.1) is 0 Å². The van der Waals surface area contributed by atoms with E-state index >= 15 is 0 Å². The maximum absolute atomic E-state index is 11.5. The Morgan fingerprint density at radius 1 is 1.21 bits per heavy atom. The summed E-state index contributed by atoms with van der Waals surface area (Å²) in [6, 6.07) is 0. The van der Waals surface area contributed by atoms with Crippen LogP contribution >= 0.6 is 15.6 Å². The van der Waals surface area contributed by atoms with Crippen LogP contribution in [0.15, 0.2) is 21.5 Å². The number of ether oxygens (including phenoxy) is 1. The van der Waals surface area contributed by atoms with Crippen LogP contribution in [-0.4, -0.2) is 58.2 Å². The van der Waals surface area contributed by atoms with Crippen molar-refractivity contribution in [1.29, 1.82) is 5.41 Å². The van der Waals surface area contributed by atoms with Gasteiger partial charge in [0.2, 0.25) is 0 Å². The molecule has 3 atom stereocenters. The molecule has 5 N–H and O–H groups in total. The molecular formula is C14H26N4O8P2. The zero-order valence-corrected chi connectivity index (χ0v) is 17.6. The molecule has 1 heterocycles. The first-order chi connectivity index (χ1) is 13.0. The van der Waals surface area contributed by atoms with Gasteiger partial charge in [-0.2, -0.15) is 4.31 Å². The Hall–Kier alpha value is -1.23. The van der Waals surface area contributed by atoms with Crippen LogP contribution in [0.25, 0.3) is 0 Å². The summed E-state index contributed by atoms with van der Waals surface area (Å²) < 4.78 is 36.1. The Morgan fingerprint density at radius 2 is 1.82 bits per heavy atom. The van der Waals surface area contributed by atoms with Crippen LogP contribution in [0, 0.1) is 5.41 Å². The zero-order valence-electron chi connectivity index (χ0n) is 15.8. The molecule has 1 fully saturated rings. The number of allylic oxidation sites excluding steroid dienone is 1. The van der Waals surface area contributed by atoms with Gasteiger partial charge in [0.15, 0.2) is 5.82 Å². The van der Waals surface area contributed by atoms with Gasteiger partial charge in [-0.05, 0) is 33.6 Å². The molecule has 1 aliphatic heterocycles. The Balaban J connectivity index is 2.60. The molecule has 0 radical (unpaired) electrons. The Kier molecular flexibility index (Phi) is 9.82. The molecule has 14 heteroatoms. The normalized spacial score (nSPS) is 23.8. The number of nitrogens with one attached hydrogen (secondary N) is 2. The third-order valence-corrected chi connectivity index (χ3v) is 5.57. The molecule has 0 saturated carbocycles. The molecule has 28 heavy (non-hydrogen) atoms. The van der Waals surface area contributed by atoms with Gasteiger partial charge in [0.1, 0.15) is 5.70 Å². The molecule has 1 rings (SSSR count). The first-order valence-corrected chi connectivity index (χ1v) is 11.4. The maximum Gasteiger partial charge on any atom is 0.481 e. The van der Waals surface area contributed by atoms with Crippen LogP contribution < -0.4 is 5.32 Å². The lowest BCUT2D eigenvalue weighted by atomic mass is 10.2. The Morgan fingerprint density at radius 3 is 2.36 bits per heavy atom. The molecular weight excluding hydrogens is 414 g/mol. The summed E-state index contributed by atoms with van der Waals surface area (Å²) in [5.41, 5.74) is 0.642. The molecule has 1 aliphatic rings. The standard InChI is InChI=1S/C14H26N4O8P2/c1-4-16-13(10(3)15)14(17-5-2)18-8-11-6-7-12(25-11)9-24-28(22,23)26-27(19,20)21/h4-5,11-12,15,18H,6-9H2,1-3H3,(H,22,23)(H2,19,20,21)/b14-13-,15-10?,16-4-,17-5-/t11-,12?/m1/s1. The summed E-state index contributed by atoms with van der Waals surface area (Å²) >= 11 is 0. The van der Waals surface area contributed by atoms with Crippen molar-refractivity contribution in [2.75, 3.05) is 13.2 Å². The van der Waals surface area contributed by atoms with Gasteiger partial charge in [-0.25, -0.2) is 14.1 Å². The first kappa shape index (κ1) is 24.8. The summed E-state index contributed by atoms with van der Waals surface area (Å²) in [5, 5.41) is 10.9. The van der Waals surface area contributed by atoms with E-state index in [1.807, 2.05) is 0 Å². The first-order valence-electron chi connectivity index (χ1n) is 8.38. The summed E-state index contributed by atoms with van der Waals surface area (Å²) in [6.45, 7) is 5.07. The molecule has 0 bridgehead atoms. The van der Waals surface area contributed by atoms with Gasteiger partial charge in [-0.1, -0.05) is 0 Å². The van der Waals surface area contributed by atoms with Crippen LogP contribution in [0.2, 0.25) is 0 Å². The van der Waals surface area contributed by atoms with Crippen molar-refractivity contribution in [2.45, 2.75) is 45.8 Å². The molecule has 0 aromatic heterocycles. The largest absolute Gasteiger partial charge is 0.481 e. The summed E-state index contributed by atoms with van der Waals surface area (Å²) in [6.07, 6.45) is 3.48. The van der Waals surface area contributed by atoms with Gasteiger partial charge < -0.3 is 30.1 Å². The minimum Gasteiger partial charge on any atom is -0.371 e. The van der Waals surface area contributed by atoms with Crippen LogP contribution in [0.5, 0.6) is 0 Å². The summed E-state index contributed by atoms with van der Waals surface area (Å²) in [4.78, 5) is 34.8. The number of aliphatic imine (C=N–C) groups is 2. The van der Waals surface area contributed by atoms with Gasteiger partial charge in [0.25, 0.3) is 0 Å². The SMILES string of the molecule is C\C=N/C(NC[C@H]1CCC(COP(=O)(O)OP(=O)(O)O)O1)=C(/N=C\C)C(C)=N. The van der Waals surface area contributed by atoms with E-state index < -0.39 is 21.7 Å². The van der Waals surface area contributed by atoms with Crippen LogP contribution in [0.1, 0.15) is 33.6 Å². The number of nitrogens with zero attached hydrogens (tertiary/aromatic N) is 2. The third kappa shape index (κ3) is 9.31. The van der Waals surface area contributed by atoms with Crippen molar-refractivity contribution in [3.63, 3.8) is 0 Å². The van der Waals surface area contributed by atoms with E-state index in [0.29, 0.717) is 30.9 Å². The molecule has 12 nitrogen and oxygen atoms in total. The number of rotatable bonds is 11. The van der Waals surface area contributed by atoms with E-state index in [-0.39, 0.29) is 18.4 Å². The predicted octanol–water partition coefficient (Wildman–Crippen LogP) is 1.74. The highest BCUT2D eigenvalue weighted by atomic mass is 31.3. The lowest BCUT2D eigenvalue weighted by molar-refractivity contribution is 0.0122. The third-order valence-electron chi connectivity index (χ3n) is 3.42. The van der Waals surface area contributed by atoms with E-state index in [4.69, 9.17) is 19.9 Å². The molecule has 160 valence electrons. The van der Waals surface area contributed by atoms with E-state index in [2.05, 4.69) is 24.1 Å². The van der Waals surface area contributed by atoms with Crippen molar-refractivity contribution in [3.05, 3.63) is 11.5 Å². The second kappa shape index (κ2) is 11.1. The van der Waals surface area contributed by atoms with Gasteiger partial charge in [-0.3, -0.25) is 9.52 Å². The Labute approximate surface area is 163 Å². The van der Waals surface area contributed by atoms with E-state index in [9.17, 15) is 14.0 Å². The highest BCUT2D eigenvalue weighted by Crippen LogP contribution is 2.57. The zero-order chi connectivity index (χ0) is 21.4. The highest BCUT2D eigenvalue weighted by molar-refractivity contribution is 7.60. The predicted molar refractivity (Wildman–Crippen MR) is 104 cm³/mol. The smallest absolute Gasteiger partial charge is 0.371 e. The van der Waals surface area contributed by atoms with Crippen molar-refractivity contribution >= 4 is 33.8 Å². The quantitative estimate of drug-likeness (QED) is 0.236. The molecule has 0 aromatic carbocycles. The molecule has 2 unspecified atom stereocenters. The molecule has 1 saturated heterocycles. The molecule has 0 spiro atoms. The highest BCUT2D eigenvalue weighted by Gasteiger charge is 2.34. The van der Waals surface area contributed by atoms with Crippen molar-refractivity contribution in [2.24, 2.45) is 9.98 Å². The van der Waals surface area contributed by atoms with E-state index in [1.54, 1.807) is 33.2 Å². The van der Waals surface area contributed by atoms with Crippen molar-refractivity contribution < 1.29 is 37.4 Å². The monoisotopic (exact) mass is 440 g/mol.